The Morgan fingerprint density at radius 2 is 1.65 bits per heavy atom. The first-order valence-electron chi connectivity index (χ1n) is 6.18. The zero-order valence-electron chi connectivity index (χ0n) is 10.4. The van der Waals surface area contributed by atoms with Crippen molar-refractivity contribution < 1.29 is 5.11 Å². The van der Waals surface area contributed by atoms with Gasteiger partial charge in [-0.3, -0.25) is 0 Å². The molecule has 1 heteroatoms. The minimum atomic E-state index is -0.654. The Balaban J connectivity index is 2.42. The van der Waals surface area contributed by atoms with Gasteiger partial charge in [-0.15, -0.1) is 13.2 Å². The summed E-state index contributed by atoms with van der Waals surface area (Å²) in [5.41, 5.74) is 0.671. The van der Waals surface area contributed by atoms with Crippen LogP contribution in [0.1, 0.15) is 31.2 Å². The van der Waals surface area contributed by atoms with Crippen molar-refractivity contribution in [1.82, 2.24) is 0 Å². The Hall–Kier alpha value is -1.34. The van der Waals surface area contributed by atoms with Gasteiger partial charge in [0.1, 0.15) is 0 Å². The monoisotopic (exact) mass is 230 g/mol. The summed E-state index contributed by atoms with van der Waals surface area (Å²) in [6.45, 7) is 7.40. The van der Waals surface area contributed by atoms with E-state index < -0.39 is 5.60 Å². The van der Waals surface area contributed by atoms with Gasteiger partial charge in [-0.1, -0.05) is 42.5 Å². The number of benzene rings is 1. The molecule has 0 heterocycles. The van der Waals surface area contributed by atoms with Crippen molar-refractivity contribution in [2.24, 2.45) is 0 Å². The van der Waals surface area contributed by atoms with Crippen LogP contribution in [-0.4, -0.2) is 10.7 Å². The Morgan fingerprint density at radius 1 is 1.06 bits per heavy atom. The molecule has 0 saturated heterocycles. The molecular weight excluding hydrogens is 208 g/mol. The van der Waals surface area contributed by atoms with E-state index in [2.05, 4.69) is 37.4 Å². The van der Waals surface area contributed by atoms with Gasteiger partial charge in [-0.2, -0.15) is 0 Å². The largest absolute Gasteiger partial charge is 0.389 e. The van der Waals surface area contributed by atoms with Gasteiger partial charge in [-0.05, 0) is 37.7 Å². The topological polar surface area (TPSA) is 20.2 Å². The fraction of sp³-hybridized carbons (Fsp3) is 0.375. The molecule has 0 saturated carbocycles. The van der Waals surface area contributed by atoms with E-state index in [0.29, 0.717) is 12.8 Å². The summed E-state index contributed by atoms with van der Waals surface area (Å²) in [6, 6.07) is 10.4. The Bertz CT molecular complexity index is 330. The van der Waals surface area contributed by atoms with Crippen LogP contribution in [0.5, 0.6) is 0 Å². The highest BCUT2D eigenvalue weighted by atomic mass is 16.3. The molecule has 1 aromatic rings. The van der Waals surface area contributed by atoms with Crippen LogP contribution >= 0.6 is 0 Å². The third-order valence-corrected chi connectivity index (χ3v) is 3.00. The molecule has 0 spiro atoms. The van der Waals surface area contributed by atoms with Gasteiger partial charge in [0.05, 0.1) is 5.60 Å². The molecule has 1 nitrogen and oxygen atoms in total. The van der Waals surface area contributed by atoms with Crippen LogP contribution < -0.4 is 0 Å². The molecule has 0 unspecified atom stereocenters. The molecule has 0 radical (unpaired) electrons. The predicted molar refractivity (Wildman–Crippen MR) is 74.0 cm³/mol. The molecule has 0 bridgehead atoms. The smallest absolute Gasteiger partial charge is 0.0716 e. The van der Waals surface area contributed by atoms with Gasteiger partial charge < -0.3 is 5.11 Å². The number of hydrogen-bond acceptors (Lipinski definition) is 1. The number of rotatable bonds is 8. The lowest BCUT2D eigenvalue weighted by Crippen LogP contribution is -2.27. The van der Waals surface area contributed by atoms with Crippen molar-refractivity contribution >= 4 is 0 Å². The van der Waals surface area contributed by atoms with Crippen molar-refractivity contribution in [2.45, 2.75) is 37.7 Å². The molecule has 0 aliphatic rings. The van der Waals surface area contributed by atoms with Gasteiger partial charge in [-0.25, -0.2) is 0 Å². The number of hydrogen-bond donors (Lipinski definition) is 1. The van der Waals surface area contributed by atoms with Crippen LogP contribution in [0.15, 0.2) is 55.6 Å². The normalized spacial score (nSPS) is 11.1. The average molecular weight is 230 g/mol. The lowest BCUT2D eigenvalue weighted by molar-refractivity contribution is 0.0355. The zero-order chi connectivity index (χ0) is 12.6. The van der Waals surface area contributed by atoms with E-state index >= 15 is 0 Å². The maximum absolute atomic E-state index is 10.3. The fourth-order valence-corrected chi connectivity index (χ4v) is 2.09. The molecule has 1 aromatic carbocycles. The summed E-state index contributed by atoms with van der Waals surface area (Å²) in [5, 5.41) is 10.3. The third-order valence-electron chi connectivity index (χ3n) is 3.00. The number of aliphatic hydroxyl groups is 1. The lowest BCUT2D eigenvalue weighted by Gasteiger charge is -2.25. The highest BCUT2D eigenvalue weighted by Gasteiger charge is 2.22. The first-order valence-corrected chi connectivity index (χ1v) is 6.18. The molecule has 0 fully saturated rings. The second-order valence-electron chi connectivity index (χ2n) is 4.55. The molecule has 1 N–H and O–H groups in total. The van der Waals surface area contributed by atoms with Crippen molar-refractivity contribution in [3.63, 3.8) is 0 Å². The highest BCUT2D eigenvalue weighted by Crippen LogP contribution is 2.23. The maximum Gasteiger partial charge on any atom is 0.0716 e. The molecule has 0 aliphatic heterocycles. The van der Waals surface area contributed by atoms with E-state index in [-0.39, 0.29) is 0 Å². The molecule has 0 amide bonds. The number of aryl methyl sites for hydroxylation is 1. The van der Waals surface area contributed by atoms with Crippen molar-refractivity contribution in [2.75, 3.05) is 0 Å². The fourth-order valence-electron chi connectivity index (χ4n) is 2.09. The van der Waals surface area contributed by atoms with Gasteiger partial charge >= 0.3 is 0 Å². The van der Waals surface area contributed by atoms with Crippen LogP contribution in [0.25, 0.3) is 0 Å². The predicted octanol–water partition coefficient (Wildman–Crippen LogP) is 3.89. The van der Waals surface area contributed by atoms with Crippen LogP contribution in [0, 0.1) is 0 Å². The molecule has 0 aromatic heterocycles. The van der Waals surface area contributed by atoms with Crippen LogP contribution in [0.3, 0.4) is 0 Å². The van der Waals surface area contributed by atoms with Crippen LogP contribution in [-0.2, 0) is 6.42 Å². The lowest BCUT2D eigenvalue weighted by atomic mass is 9.89. The zero-order valence-corrected chi connectivity index (χ0v) is 10.4. The van der Waals surface area contributed by atoms with Crippen molar-refractivity contribution in [1.29, 1.82) is 0 Å². The maximum atomic E-state index is 10.3. The van der Waals surface area contributed by atoms with E-state index in [9.17, 15) is 5.11 Å². The molecular formula is C16H22O. The van der Waals surface area contributed by atoms with Crippen molar-refractivity contribution in [3.05, 3.63) is 61.2 Å². The summed E-state index contributed by atoms with van der Waals surface area (Å²) >= 11 is 0. The summed E-state index contributed by atoms with van der Waals surface area (Å²) in [4.78, 5) is 0. The first-order chi connectivity index (χ1) is 8.20. The summed E-state index contributed by atoms with van der Waals surface area (Å²) in [5.74, 6) is 0. The minimum Gasteiger partial charge on any atom is -0.389 e. The van der Waals surface area contributed by atoms with Gasteiger partial charge in [0.15, 0.2) is 0 Å². The molecule has 1 rings (SSSR count). The van der Waals surface area contributed by atoms with E-state index in [1.165, 1.54) is 5.56 Å². The quantitative estimate of drug-likeness (QED) is 0.672. The summed E-state index contributed by atoms with van der Waals surface area (Å²) in [7, 11) is 0. The Morgan fingerprint density at radius 3 is 2.18 bits per heavy atom. The molecule has 0 atom stereocenters. The summed E-state index contributed by atoms with van der Waals surface area (Å²) < 4.78 is 0. The second-order valence-corrected chi connectivity index (χ2v) is 4.55. The second kappa shape index (κ2) is 7.08. The van der Waals surface area contributed by atoms with E-state index in [1.807, 2.05) is 6.07 Å². The van der Waals surface area contributed by atoms with Crippen LogP contribution in [0.2, 0.25) is 0 Å². The highest BCUT2D eigenvalue weighted by molar-refractivity contribution is 5.14. The SMILES string of the molecule is C=CCC(O)(CC=C)CCCc1ccccc1. The van der Waals surface area contributed by atoms with Crippen molar-refractivity contribution in [3.8, 4) is 0 Å². The van der Waals surface area contributed by atoms with Gasteiger partial charge in [0.25, 0.3) is 0 Å². The Labute approximate surface area is 104 Å². The third kappa shape index (κ3) is 5.01. The van der Waals surface area contributed by atoms with E-state index in [4.69, 9.17) is 0 Å². The molecule has 0 aliphatic carbocycles. The summed E-state index contributed by atoms with van der Waals surface area (Å²) in [6.07, 6.45) is 7.62. The van der Waals surface area contributed by atoms with Crippen LogP contribution in [0.4, 0.5) is 0 Å². The van der Waals surface area contributed by atoms with E-state index in [1.54, 1.807) is 12.2 Å². The standard InChI is InChI=1S/C16H22O/c1-3-12-16(17,13-4-2)14-8-11-15-9-6-5-7-10-15/h3-7,9-10,17H,1-2,8,11-14H2. The molecule has 92 valence electrons. The molecule has 17 heavy (non-hydrogen) atoms. The Kier molecular flexibility index (Phi) is 5.71. The minimum absolute atomic E-state index is 0.633. The first kappa shape index (κ1) is 13.7. The van der Waals surface area contributed by atoms with Gasteiger partial charge in [0, 0.05) is 0 Å². The average Bonchev–Trinajstić information content (AvgIpc) is 2.31. The van der Waals surface area contributed by atoms with Gasteiger partial charge in [0.2, 0.25) is 0 Å². The van der Waals surface area contributed by atoms with E-state index in [0.717, 1.165) is 19.3 Å².